The van der Waals surface area contributed by atoms with Crippen LogP contribution in [-0.2, 0) is 16.1 Å². The van der Waals surface area contributed by atoms with Crippen molar-refractivity contribution in [2.75, 3.05) is 13.1 Å². The lowest BCUT2D eigenvalue weighted by Gasteiger charge is -2.17. The molecule has 2 amide bonds. The standard InChI is InChI=1S/C19H19N3O3/c20-11-12-21-19(24)17(25-14-15-7-3-1-4-8-15)13-22-18(23)16-9-5-2-6-10-16/h1-10,17H,12-14H2,(H,21,24)(H,22,23). The molecule has 0 aliphatic heterocycles. The highest BCUT2D eigenvalue weighted by atomic mass is 16.5. The average molecular weight is 337 g/mol. The largest absolute Gasteiger partial charge is 0.362 e. The molecule has 0 aromatic heterocycles. The van der Waals surface area contributed by atoms with Crippen LogP contribution in [0.4, 0.5) is 0 Å². The van der Waals surface area contributed by atoms with Crippen molar-refractivity contribution in [3.8, 4) is 6.07 Å². The van der Waals surface area contributed by atoms with Gasteiger partial charge in [-0.05, 0) is 17.7 Å². The zero-order valence-corrected chi connectivity index (χ0v) is 13.6. The number of benzene rings is 2. The Balaban J connectivity index is 1.95. The number of nitrogens with zero attached hydrogens (tertiary/aromatic N) is 1. The van der Waals surface area contributed by atoms with Crippen molar-refractivity contribution >= 4 is 11.8 Å². The Bertz CT molecular complexity index is 727. The first-order chi connectivity index (χ1) is 12.2. The van der Waals surface area contributed by atoms with Gasteiger partial charge in [-0.2, -0.15) is 5.26 Å². The van der Waals surface area contributed by atoms with Gasteiger partial charge >= 0.3 is 0 Å². The van der Waals surface area contributed by atoms with Gasteiger partial charge in [-0.15, -0.1) is 0 Å². The molecule has 0 aliphatic carbocycles. The monoisotopic (exact) mass is 337 g/mol. The number of rotatable bonds is 8. The molecule has 6 heteroatoms. The maximum atomic E-state index is 12.1. The van der Waals surface area contributed by atoms with Crippen LogP contribution in [0.5, 0.6) is 0 Å². The quantitative estimate of drug-likeness (QED) is 0.717. The maximum Gasteiger partial charge on any atom is 0.251 e. The maximum absolute atomic E-state index is 12.1. The summed E-state index contributed by atoms with van der Waals surface area (Å²) in [4.78, 5) is 24.2. The molecular weight excluding hydrogens is 318 g/mol. The summed E-state index contributed by atoms with van der Waals surface area (Å²) in [6.45, 7) is 0.126. The van der Waals surface area contributed by atoms with Gasteiger partial charge in [0.05, 0.1) is 19.2 Å². The van der Waals surface area contributed by atoms with Gasteiger partial charge in [-0.1, -0.05) is 48.5 Å². The molecule has 0 saturated carbocycles. The van der Waals surface area contributed by atoms with E-state index in [9.17, 15) is 9.59 Å². The van der Waals surface area contributed by atoms with Crippen LogP contribution in [0, 0.1) is 11.3 Å². The van der Waals surface area contributed by atoms with Crippen molar-refractivity contribution < 1.29 is 14.3 Å². The van der Waals surface area contributed by atoms with Gasteiger partial charge in [0.25, 0.3) is 11.8 Å². The van der Waals surface area contributed by atoms with Crippen LogP contribution in [0.1, 0.15) is 15.9 Å². The van der Waals surface area contributed by atoms with Crippen molar-refractivity contribution in [2.45, 2.75) is 12.7 Å². The molecule has 2 aromatic carbocycles. The first kappa shape index (κ1) is 18.2. The molecule has 0 fully saturated rings. The fraction of sp³-hybridized carbons (Fsp3) is 0.211. The van der Waals surface area contributed by atoms with Crippen molar-refractivity contribution in [2.24, 2.45) is 0 Å². The summed E-state index contributed by atoms with van der Waals surface area (Å²) in [5.41, 5.74) is 1.41. The lowest BCUT2D eigenvalue weighted by molar-refractivity contribution is -0.133. The first-order valence-electron chi connectivity index (χ1n) is 7.84. The number of hydrogen-bond donors (Lipinski definition) is 2. The van der Waals surface area contributed by atoms with Crippen molar-refractivity contribution in [1.29, 1.82) is 5.26 Å². The Hall–Kier alpha value is -3.17. The van der Waals surface area contributed by atoms with E-state index in [1.54, 1.807) is 24.3 Å². The lowest BCUT2D eigenvalue weighted by atomic mass is 10.2. The normalized spacial score (nSPS) is 11.2. The minimum atomic E-state index is -0.888. The molecule has 0 heterocycles. The molecule has 0 bridgehead atoms. The van der Waals surface area contributed by atoms with Gasteiger partial charge in [-0.3, -0.25) is 9.59 Å². The summed E-state index contributed by atoms with van der Waals surface area (Å²) in [5, 5.41) is 13.7. The highest BCUT2D eigenvalue weighted by molar-refractivity contribution is 5.94. The Morgan fingerprint density at radius 3 is 2.28 bits per heavy atom. The Morgan fingerprint density at radius 1 is 1.00 bits per heavy atom. The molecular formula is C19H19N3O3. The zero-order valence-electron chi connectivity index (χ0n) is 13.6. The number of hydrogen-bond acceptors (Lipinski definition) is 4. The second kappa shape index (κ2) is 9.85. The van der Waals surface area contributed by atoms with E-state index in [-0.39, 0.29) is 25.6 Å². The summed E-state index contributed by atoms with van der Waals surface area (Å²) in [7, 11) is 0. The predicted molar refractivity (Wildman–Crippen MR) is 92.4 cm³/mol. The van der Waals surface area contributed by atoms with Crippen LogP contribution in [0.15, 0.2) is 60.7 Å². The Labute approximate surface area is 146 Å². The molecule has 0 aliphatic rings. The number of carbonyl (C=O) groups is 2. The lowest BCUT2D eigenvalue weighted by Crippen LogP contribution is -2.44. The molecule has 2 aromatic rings. The van der Waals surface area contributed by atoms with E-state index >= 15 is 0 Å². The number of carbonyl (C=O) groups excluding carboxylic acids is 2. The van der Waals surface area contributed by atoms with E-state index < -0.39 is 12.0 Å². The molecule has 1 atom stereocenters. The molecule has 2 N–H and O–H groups in total. The highest BCUT2D eigenvalue weighted by Crippen LogP contribution is 2.04. The Kier molecular flexibility index (Phi) is 7.16. The fourth-order valence-corrected chi connectivity index (χ4v) is 2.12. The minimum Gasteiger partial charge on any atom is -0.362 e. The van der Waals surface area contributed by atoms with E-state index in [2.05, 4.69) is 10.6 Å². The van der Waals surface area contributed by atoms with Crippen LogP contribution in [0.25, 0.3) is 0 Å². The van der Waals surface area contributed by atoms with Crippen molar-refractivity contribution in [1.82, 2.24) is 10.6 Å². The number of ether oxygens (including phenoxy) is 1. The van der Waals surface area contributed by atoms with Crippen LogP contribution in [0.3, 0.4) is 0 Å². The SMILES string of the molecule is N#CCNC(=O)C(CNC(=O)c1ccccc1)OCc1ccccc1. The summed E-state index contributed by atoms with van der Waals surface area (Å²) in [5.74, 6) is -0.729. The number of amides is 2. The molecule has 6 nitrogen and oxygen atoms in total. The summed E-state index contributed by atoms with van der Waals surface area (Å²) < 4.78 is 5.64. The average Bonchev–Trinajstić information content (AvgIpc) is 2.67. The second-order valence-electron chi connectivity index (χ2n) is 5.24. The molecule has 2 rings (SSSR count). The van der Waals surface area contributed by atoms with Gasteiger partial charge in [0.15, 0.2) is 6.10 Å². The summed E-state index contributed by atoms with van der Waals surface area (Å²) in [6, 6.07) is 20.0. The Morgan fingerprint density at radius 2 is 1.64 bits per heavy atom. The van der Waals surface area contributed by atoms with Crippen LogP contribution < -0.4 is 10.6 Å². The number of nitrogens with one attached hydrogen (secondary N) is 2. The minimum absolute atomic E-state index is 0.0117. The van der Waals surface area contributed by atoms with Gasteiger partial charge in [-0.25, -0.2) is 0 Å². The topological polar surface area (TPSA) is 91.2 Å². The summed E-state index contributed by atoms with van der Waals surface area (Å²) in [6.07, 6.45) is -0.888. The molecule has 128 valence electrons. The van der Waals surface area contributed by atoms with Crippen LogP contribution >= 0.6 is 0 Å². The molecule has 0 radical (unpaired) electrons. The third kappa shape index (κ3) is 6.09. The second-order valence-corrected chi connectivity index (χ2v) is 5.24. The van der Waals surface area contributed by atoms with E-state index in [1.807, 2.05) is 42.5 Å². The van der Waals surface area contributed by atoms with E-state index in [0.717, 1.165) is 5.56 Å². The van der Waals surface area contributed by atoms with Crippen molar-refractivity contribution in [3.63, 3.8) is 0 Å². The van der Waals surface area contributed by atoms with Crippen molar-refractivity contribution in [3.05, 3.63) is 71.8 Å². The van der Waals surface area contributed by atoms with Crippen LogP contribution in [0.2, 0.25) is 0 Å². The highest BCUT2D eigenvalue weighted by Gasteiger charge is 2.20. The van der Waals surface area contributed by atoms with E-state index in [4.69, 9.17) is 10.00 Å². The molecule has 0 spiro atoms. The molecule has 0 saturated heterocycles. The fourth-order valence-electron chi connectivity index (χ4n) is 2.12. The van der Waals surface area contributed by atoms with Gasteiger partial charge in [0.2, 0.25) is 0 Å². The molecule has 1 unspecified atom stereocenters. The van der Waals surface area contributed by atoms with E-state index in [1.165, 1.54) is 0 Å². The molecule has 25 heavy (non-hydrogen) atoms. The predicted octanol–water partition coefficient (Wildman–Crippen LogP) is 1.64. The van der Waals surface area contributed by atoms with Gasteiger partial charge in [0.1, 0.15) is 6.54 Å². The van der Waals surface area contributed by atoms with Crippen LogP contribution in [-0.4, -0.2) is 31.0 Å². The van der Waals surface area contributed by atoms with E-state index in [0.29, 0.717) is 5.56 Å². The smallest absolute Gasteiger partial charge is 0.251 e. The summed E-state index contributed by atoms with van der Waals surface area (Å²) >= 11 is 0. The third-order valence-corrected chi connectivity index (χ3v) is 3.41. The van der Waals surface area contributed by atoms with Gasteiger partial charge < -0.3 is 15.4 Å². The number of nitriles is 1. The third-order valence-electron chi connectivity index (χ3n) is 3.41. The van der Waals surface area contributed by atoms with Gasteiger partial charge in [0, 0.05) is 5.56 Å². The first-order valence-corrected chi connectivity index (χ1v) is 7.84. The zero-order chi connectivity index (χ0) is 17.9.